The van der Waals surface area contributed by atoms with Crippen molar-refractivity contribution in [2.45, 2.75) is 44.6 Å². The molecule has 1 N–H and O–H groups in total. The molecule has 1 atom stereocenters. The van der Waals surface area contributed by atoms with E-state index in [1.165, 1.54) is 12.1 Å². The van der Waals surface area contributed by atoms with Gasteiger partial charge in [0.15, 0.2) is 0 Å². The predicted octanol–water partition coefficient (Wildman–Crippen LogP) is 4.38. The van der Waals surface area contributed by atoms with E-state index in [1.807, 2.05) is 0 Å². The first-order chi connectivity index (χ1) is 9.09. The molecule has 1 saturated carbocycles. The van der Waals surface area contributed by atoms with Crippen LogP contribution in [0.5, 0.6) is 0 Å². The van der Waals surface area contributed by atoms with Crippen molar-refractivity contribution in [1.82, 2.24) is 0 Å². The molecule has 0 heterocycles. The fourth-order valence-electron chi connectivity index (χ4n) is 2.81. The Hall–Kier alpha value is -1.11. The van der Waals surface area contributed by atoms with Crippen LogP contribution in [0.1, 0.15) is 50.2 Å². The van der Waals surface area contributed by atoms with Crippen LogP contribution in [0.25, 0.3) is 0 Å². The van der Waals surface area contributed by atoms with Crippen molar-refractivity contribution in [2.24, 2.45) is 5.41 Å². The largest absolute Gasteiger partial charge is 0.387 e. The average molecular weight is 282 g/mol. The van der Waals surface area contributed by atoms with Crippen molar-refractivity contribution in [3.05, 3.63) is 34.6 Å². The highest BCUT2D eigenvalue weighted by Gasteiger charge is 2.39. The van der Waals surface area contributed by atoms with Gasteiger partial charge in [0.25, 0.3) is 0 Å². The lowest BCUT2D eigenvalue weighted by Crippen LogP contribution is -2.27. The first-order valence-electron chi connectivity index (χ1n) is 6.63. The molecule has 0 radical (unpaired) electrons. The van der Waals surface area contributed by atoms with Gasteiger partial charge in [-0.3, -0.25) is 0 Å². The molecule has 0 amide bonds. The number of nitrogens with zero attached hydrogens (tertiary/aromatic N) is 1. The topological polar surface area (TPSA) is 44.0 Å². The molecule has 1 unspecified atom stereocenters. The Balaban J connectivity index is 2.31. The van der Waals surface area contributed by atoms with E-state index in [4.69, 9.17) is 11.6 Å². The van der Waals surface area contributed by atoms with Crippen molar-refractivity contribution in [3.63, 3.8) is 0 Å². The number of benzene rings is 1. The summed E-state index contributed by atoms with van der Waals surface area (Å²) in [6.45, 7) is 0. The average Bonchev–Trinajstić information content (AvgIpc) is 2.67. The third-order valence-electron chi connectivity index (χ3n) is 4.00. The van der Waals surface area contributed by atoms with E-state index >= 15 is 0 Å². The molecule has 2 rings (SSSR count). The Morgan fingerprint density at radius 3 is 2.42 bits per heavy atom. The number of halogens is 2. The molecule has 1 fully saturated rings. The summed E-state index contributed by atoms with van der Waals surface area (Å²) in [5.74, 6) is -0.556. The minimum Gasteiger partial charge on any atom is -0.387 e. The molecule has 4 heteroatoms. The summed E-state index contributed by atoms with van der Waals surface area (Å²) in [6, 6.07) is 6.54. The van der Waals surface area contributed by atoms with Gasteiger partial charge in [0, 0.05) is 0 Å². The van der Waals surface area contributed by atoms with Gasteiger partial charge >= 0.3 is 0 Å². The van der Waals surface area contributed by atoms with E-state index in [0.29, 0.717) is 18.4 Å². The molecule has 1 aromatic carbocycles. The first kappa shape index (κ1) is 14.3. The summed E-state index contributed by atoms with van der Waals surface area (Å²) in [5.41, 5.74) is -0.359. The molecule has 0 bridgehead atoms. The minimum absolute atomic E-state index is 0.0304. The Kier molecular flexibility index (Phi) is 4.44. The molecule has 0 aromatic heterocycles. The van der Waals surface area contributed by atoms with E-state index in [-0.39, 0.29) is 5.02 Å². The number of aliphatic hydroxyl groups excluding tert-OH is 1. The SMILES string of the molecule is N#CC1(C(O)c2ccc(Cl)c(F)c2)CCCCCC1. The lowest BCUT2D eigenvalue weighted by atomic mass is 9.74. The first-order valence-corrected chi connectivity index (χ1v) is 7.01. The molecule has 19 heavy (non-hydrogen) atoms. The van der Waals surface area contributed by atoms with Crippen molar-refractivity contribution in [2.75, 3.05) is 0 Å². The van der Waals surface area contributed by atoms with Crippen LogP contribution in [0.3, 0.4) is 0 Å². The normalized spacial score (nSPS) is 20.3. The van der Waals surface area contributed by atoms with Crippen LogP contribution in [0, 0.1) is 22.6 Å². The van der Waals surface area contributed by atoms with Crippen LogP contribution in [0.2, 0.25) is 5.02 Å². The number of nitriles is 1. The lowest BCUT2D eigenvalue weighted by Gasteiger charge is -2.30. The van der Waals surface area contributed by atoms with E-state index in [1.54, 1.807) is 6.07 Å². The van der Waals surface area contributed by atoms with Crippen LogP contribution >= 0.6 is 11.6 Å². The van der Waals surface area contributed by atoms with Crippen molar-refractivity contribution in [3.8, 4) is 6.07 Å². The van der Waals surface area contributed by atoms with Crippen LogP contribution in [0.15, 0.2) is 18.2 Å². The Morgan fingerprint density at radius 2 is 1.89 bits per heavy atom. The van der Waals surface area contributed by atoms with Gasteiger partial charge in [0.1, 0.15) is 5.82 Å². The minimum atomic E-state index is -0.956. The lowest BCUT2D eigenvalue weighted by molar-refractivity contribution is 0.0514. The standard InChI is InChI=1S/C15H17ClFNO/c16-12-6-5-11(9-13(12)17)14(19)15(10-18)7-3-1-2-4-8-15/h5-6,9,14,19H,1-4,7-8H2. The predicted molar refractivity (Wildman–Crippen MR) is 72.1 cm³/mol. The zero-order valence-electron chi connectivity index (χ0n) is 10.7. The van der Waals surface area contributed by atoms with Gasteiger partial charge in [-0.2, -0.15) is 5.26 Å². The maximum Gasteiger partial charge on any atom is 0.142 e. The summed E-state index contributed by atoms with van der Waals surface area (Å²) in [5, 5.41) is 20.0. The quantitative estimate of drug-likeness (QED) is 0.818. The van der Waals surface area contributed by atoms with Gasteiger partial charge in [0.2, 0.25) is 0 Å². The third kappa shape index (κ3) is 2.91. The second-order valence-electron chi connectivity index (χ2n) is 5.26. The summed E-state index contributed by atoms with van der Waals surface area (Å²) < 4.78 is 13.5. The number of hydrogen-bond acceptors (Lipinski definition) is 2. The Labute approximate surface area is 117 Å². The monoisotopic (exact) mass is 281 g/mol. The molecular formula is C15H17ClFNO. The van der Waals surface area contributed by atoms with Gasteiger partial charge in [-0.15, -0.1) is 0 Å². The second kappa shape index (κ2) is 5.90. The fraction of sp³-hybridized carbons (Fsp3) is 0.533. The summed E-state index contributed by atoms with van der Waals surface area (Å²) in [6.07, 6.45) is 4.41. The molecule has 0 spiro atoms. The zero-order valence-corrected chi connectivity index (χ0v) is 11.5. The third-order valence-corrected chi connectivity index (χ3v) is 4.31. The smallest absolute Gasteiger partial charge is 0.142 e. The van der Waals surface area contributed by atoms with E-state index in [0.717, 1.165) is 25.7 Å². The van der Waals surface area contributed by atoms with Crippen molar-refractivity contribution in [1.29, 1.82) is 5.26 Å². The van der Waals surface area contributed by atoms with Gasteiger partial charge in [-0.25, -0.2) is 4.39 Å². The van der Waals surface area contributed by atoms with E-state index in [9.17, 15) is 14.8 Å². The van der Waals surface area contributed by atoms with Crippen molar-refractivity contribution < 1.29 is 9.50 Å². The molecular weight excluding hydrogens is 265 g/mol. The van der Waals surface area contributed by atoms with Gasteiger partial charge < -0.3 is 5.11 Å². The molecule has 1 aliphatic rings. The fourth-order valence-corrected chi connectivity index (χ4v) is 2.92. The number of aliphatic hydroxyl groups is 1. The highest BCUT2D eigenvalue weighted by Crippen LogP contribution is 2.44. The van der Waals surface area contributed by atoms with E-state index < -0.39 is 17.3 Å². The second-order valence-corrected chi connectivity index (χ2v) is 5.67. The highest BCUT2D eigenvalue weighted by atomic mass is 35.5. The van der Waals surface area contributed by atoms with Crippen LogP contribution in [0.4, 0.5) is 4.39 Å². The molecule has 102 valence electrons. The molecule has 0 saturated heterocycles. The Morgan fingerprint density at radius 1 is 1.26 bits per heavy atom. The summed E-state index contributed by atoms with van der Waals surface area (Å²) >= 11 is 5.64. The molecule has 1 aromatic rings. The van der Waals surface area contributed by atoms with Gasteiger partial charge in [-0.05, 0) is 30.5 Å². The highest BCUT2D eigenvalue weighted by molar-refractivity contribution is 6.30. The van der Waals surface area contributed by atoms with Crippen molar-refractivity contribution >= 4 is 11.6 Å². The molecule has 1 aliphatic carbocycles. The maximum atomic E-state index is 13.5. The molecule has 2 nitrogen and oxygen atoms in total. The zero-order chi connectivity index (χ0) is 13.9. The number of rotatable bonds is 2. The summed E-state index contributed by atoms with van der Waals surface area (Å²) in [7, 11) is 0. The summed E-state index contributed by atoms with van der Waals surface area (Å²) in [4.78, 5) is 0. The van der Waals surface area contributed by atoms with E-state index in [2.05, 4.69) is 6.07 Å². The molecule has 0 aliphatic heterocycles. The van der Waals surface area contributed by atoms with Crippen LogP contribution < -0.4 is 0 Å². The maximum absolute atomic E-state index is 13.5. The van der Waals surface area contributed by atoms with Gasteiger partial charge in [0.05, 0.1) is 22.6 Å². The number of hydrogen-bond donors (Lipinski definition) is 1. The van der Waals surface area contributed by atoms with Gasteiger partial charge in [-0.1, -0.05) is 43.4 Å². The van der Waals surface area contributed by atoms with Crippen LogP contribution in [-0.2, 0) is 0 Å². The van der Waals surface area contributed by atoms with Crippen LogP contribution in [-0.4, -0.2) is 5.11 Å². The Bertz CT molecular complexity index is 489.